The number of ether oxygens (including phenoxy) is 1. The third kappa shape index (κ3) is 2.38. The van der Waals surface area contributed by atoms with Gasteiger partial charge < -0.3 is 10.1 Å². The monoisotopic (exact) mass is 221 g/mol. The van der Waals surface area contributed by atoms with Crippen LogP contribution in [0.5, 0.6) is 0 Å². The lowest BCUT2D eigenvalue weighted by Crippen LogP contribution is -2.31. The van der Waals surface area contributed by atoms with Gasteiger partial charge in [0.15, 0.2) is 0 Å². The lowest BCUT2D eigenvalue weighted by molar-refractivity contribution is 0.0874. The number of aromatic nitrogens is 2. The van der Waals surface area contributed by atoms with Gasteiger partial charge in [-0.05, 0) is 31.6 Å². The van der Waals surface area contributed by atoms with E-state index in [9.17, 15) is 0 Å². The van der Waals surface area contributed by atoms with E-state index in [2.05, 4.69) is 21.2 Å². The van der Waals surface area contributed by atoms with Gasteiger partial charge in [-0.2, -0.15) is 5.10 Å². The summed E-state index contributed by atoms with van der Waals surface area (Å²) in [5.41, 5.74) is 0. The molecule has 1 saturated heterocycles. The maximum atomic E-state index is 5.47. The maximum absolute atomic E-state index is 5.47. The molecule has 2 aliphatic rings. The molecule has 3 rings (SSSR count). The fraction of sp³-hybridized carbons (Fsp3) is 0.750. The molecule has 88 valence electrons. The first kappa shape index (κ1) is 10.1. The Balaban J connectivity index is 1.61. The normalized spacial score (nSPS) is 25.6. The molecular weight excluding hydrogens is 202 g/mol. The highest BCUT2D eigenvalue weighted by atomic mass is 16.5. The summed E-state index contributed by atoms with van der Waals surface area (Å²) in [6, 6.07) is 2.53. The maximum Gasteiger partial charge on any atom is 0.124 e. The fourth-order valence-electron chi connectivity index (χ4n) is 2.21. The molecule has 16 heavy (non-hydrogen) atoms. The Morgan fingerprint density at radius 1 is 1.44 bits per heavy atom. The molecule has 1 aromatic heterocycles. The summed E-state index contributed by atoms with van der Waals surface area (Å²) < 4.78 is 7.58. The van der Waals surface area contributed by atoms with Crippen molar-refractivity contribution in [2.24, 2.45) is 5.92 Å². The first-order valence-electron chi connectivity index (χ1n) is 6.28. The number of anilines is 1. The van der Waals surface area contributed by atoms with E-state index < -0.39 is 0 Å². The smallest absolute Gasteiger partial charge is 0.124 e. The van der Waals surface area contributed by atoms with Crippen molar-refractivity contribution in [2.75, 3.05) is 18.5 Å². The second kappa shape index (κ2) is 4.45. The summed E-state index contributed by atoms with van der Waals surface area (Å²) in [7, 11) is 0. The molecule has 2 fully saturated rings. The van der Waals surface area contributed by atoms with Crippen LogP contribution < -0.4 is 5.32 Å². The van der Waals surface area contributed by atoms with E-state index in [-0.39, 0.29) is 0 Å². The first-order chi connectivity index (χ1) is 7.92. The van der Waals surface area contributed by atoms with E-state index in [4.69, 9.17) is 4.74 Å². The number of hydrogen-bond donors (Lipinski definition) is 1. The van der Waals surface area contributed by atoms with Crippen molar-refractivity contribution < 1.29 is 4.74 Å². The molecule has 0 radical (unpaired) electrons. The molecule has 1 aromatic rings. The van der Waals surface area contributed by atoms with Gasteiger partial charge in [-0.3, -0.25) is 0 Å². The molecule has 1 saturated carbocycles. The van der Waals surface area contributed by atoms with E-state index in [1.165, 1.54) is 19.3 Å². The van der Waals surface area contributed by atoms with Gasteiger partial charge in [0.05, 0.1) is 18.8 Å². The Labute approximate surface area is 96.0 Å². The van der Waals surface area contributed by atoms with E-state index in [1.54, 1.807) is 0 Å². The van der Waals surface area contributed by atoms with Gasteiger partial charge in [0.2, 0.25) is 0 Å². The van der Waals surface area contributed by atoms with Crippen LogP contribution in [-0.2, 0) is 11.3 Å². The van der Waals surface area contributed by atoms with Gasteiger partial charge in [0.25, 0.3) is 0 Å². The van der Waals surface area contributed by atoms with Crippen LogP contribution in [0.3, 0.4) is 0 Å². The van der Waals surface area contributed by atoms with Crippen LogP contribution in [0.25, 0.3) is 0 Å². The van der Waals surface area contributed by atoms with Gasteiger partial charge >= 0.3 is 0 Å². The second-order valence-corrected chi connectivity index (χ2v) is 4.90. The number of rotatable bonds is 4. The standard InChI is InChI=1S/C12H19N3O/c1-2-11(9-16-7-1)14-12-5-6-13-15(12)8-10-3-4-10/h5-6,10-11,14H,1-4,7-9H2. The Bertz CT molecular complexity index is 340. The lowest BCUT2D eigenvalue weighted by Gasteiger charge is -2.24. The minimum Gasteiger partial charge on any atom is -0.379 e. The topological polar surface area (TPSA) is 39.1 Å². The van der Waals surface area contributed by atoms with Crippen molar-refractivity contribution in [1.82, 2.24) is 9.78 Å². The zero-order valence-corrected chi connectivity index (χ0v) is 9.56. The SMILES string of the molecule is c1cc(NC2CCCOC2)n(CC2CC2)n1. The molecule has 1 N–H and O–H groups in total. The molecule has 1 atom stereocenters. The Morgan fingerprint density at radius 3 is 3.12 bits per heavy atom. The fourth-order valence-corrected chi connectivity index (χ4v) is 2.21. The highest BCUT2D eigenvalue weighted by Gasteiger charge is 2.23. The molecule has 4 heteroatoms. The first-order valence-corrected chi connectivity index (χ1v) is 6.28. The van der Waals surface area contributed by atoms with E-state index in [0.717, 1.165) is 37.9 Å². The average Bonchev–Trinajstić information content (AvgIpc) is 3.02. The molecule has 1 aliphatic heterocycles. The van der Waals surface area contributed by atoms with Gasteiger partial charge in [-0.25, -0.2) is 4.68 Å². The predicted octanol–water partition coefficient (Wildman–Crippen LogP) is 1.88. The van der Waals surface area contributed by atoms with Crippen LogP contribution in [-0.4, -0.2) is 29.0 Å². The van der Waals surface area contributed by atoms with Gasteiger partial charge in [0, 0.05) is 19.2 Å². The zero-order valence-electron chi connectivity index (χ0n) is 9.56. The molecule has 0 spiro atoms. The summed E-state index contributed by atoms with van der Waals surface area (Å²) in [6.45, 7) is 2.82. The van der Waals surface area contributed by atoms with Gasteiger partial charge in [0.1, 0.15) is 5.82 Å². The van der Waals surface area contributed by atoms with Crippen LogP contribution in [0, 0.1) is 5.92 Å². The second-order valence-electron chi connectivity index (χ2n) is 4.90. The highest BCUT2D eigenvalue weighted by molar-refractivity contribution is 5.35. The molecule has 1 unspecified atom stereocenters. The summed E-state index contributed by atoms with van der Waals surface area (Å²) in [5, 5.41) is 7.91. The third-order valence-corrected chi connectivity index (χ3v) is 3.36. The van der Waals surface area contributed by atoms with Crippen molar-refractivity contribution in [3.8, 4) is 0 Å². The average molecular weight is 221 g/mol. The molecular formula is C12H19N3O. The summed E-state index contributed by atoms with van der Waals surface area (Å²) in [4.78, 5) is 0. The van der Waals surface area contributed by atoms with Crippen LogP contribution >= 0.6 is 0 Å². The van der Waals surface area contributed by atoms with Gasteiger partial charge in [-0.1, -0.05) is 0 Å². The number of nitrogens with one attached hydrogen (secondary N) is 1. The highest BCUT2D eigenvalue weighted by Crippen LogP contribution is 2.31. The van der Waals surface area contributed by atoms with Crippen molar-refractivity contribution in [3.05, 3.63) is 12.3 Å². The number of nitrogens with zero attached hydrogens (tertiary/aromatic N) is 2. The summed E-state index contributed by atoms with van der Waals surface area (Å²) in [5.74, 6) is 2.02. The Kier molecular flexibility index (Phi) is 2.82. The molecule has 2 heterocycles. The van der Waals surface area contributed by atoms with E-state index in [0.29, 0.717) is 6.04 Å². The molecule has 1 aliphatic carbocycles. The van der Waals surface area contributed by atoms with E-state index >= 15 is 0 Å². The van der Waals surface area contributed by atoms with Gasteiger partial charge in [-0.15, -0.1) is 0 Å². The largest absolute Gasteiger partial charge is 0.379 e. The molecule has 0 aromatic carbocycles. The van der Waals surface area contributed by atoms with Crippen LogP contribution in [0.2, 0.25) is 0 Å². The third-order valence-electron chi connectivity index (χ3n) is 3.36. The molecule has 0 amide bonds. The summed E-state index contributed by atoms with van der Waals surface area (Å²) >= 11 is 0. The van der Waals surface area contributed by atoms with Crippen molar-refractivity contribution in [3.63, 3.8) is 0 Å². The Hall–Kier alpha value is -1.03. The minimum atomic E-state index is 0.461. The lowest BCUT2D eigenvalue weighted by atomic mass is 10.1. The zero-order chi connectivity index (χ0) is 10.8. The van der Waals surface area contributed by atoms with Crippen LogP contribution in [0.4, 0.5) is 5.82 Å². The predicted molar refractivity (Wildman–Crippen MR) is 62.4 cm³/mol. The minimum absolute atomic E-state index is 0.461. The summed E-state index contributed by atoms with van der Waals surface area (Å²) in [6.07, 6.45) is 6.98. The van der Waals surface area contributed by atoms with Crippen molar-refractivity contribution in [1.29, 1.82) is 0 Å². The van der Waals surface area contributed by atoms with Crippen molar-refractivity contribution in [2.45, 2.75) is 38.3 Å². The molecule has 4 nitrogen and oxygen atoms in total. The van der Waals surface area contributed by atoms with Crippen LogP contribution in [0.15, 0.2) is 12.3 Å². The number of hydrogen-bond acceptors (Lipinski definition) is 3. The Morgan fingerprint density at radius 2 is 2.38 bits per heavy atom. The van der Waals surface area contributed by atoms with Crippen LogP contribution in [0.1, 0.15) is 25.7 Å². The molecule has 0 bridgehead atoms. The van der Waals surface area contributed by atoms with Crippen molar-refractivity contribution >= 4 is 5.82 Å². The van der Waals surface area contributed by atoms with E-state index in [1.807, 2.05) is 6.20 Å². The quantitative estimate of drug-likeness (QED) is 0.843.